The first-order valence-corrected chi connectivity index (χ1v) is 7.44. The minimum Gasteiger partial charge on any atom is -0.341 e. The Morgan fingerprint density at radius 1 is 1.32 bits per heavy atom. The van der Waals surface area contributed by atoms with Crippen LogP contribution in [0.4, 0.5) is 0 Å². The van der Waals surface area contributed by atoms with E-state index in [-0.39, 0.29) is 11.4 Å². The number of nitrogens with one attached hydrogen (secondary N) is 2. The third kappa shape index (κ3) is 3.09. The van der Waals surface area contributed by atoms with E-state index in [9.17, 15) is 4.79 Å². The van der Waals surface area contributed by atoms with Gasteiger partial charge in [0, 0.05) is 13.1 Å². The van der Waals surface area contributed by atoms with Crippen molar-refractivity contribution < 1.29 is 4.79 Å². The van der Waals surface area contributed by atoms with Crippen LogP contribution in [0, 0.1) is 0 Å². The van der Waals surface area contributed by atoms with Gasteiger partial charge in [-0.3, -0.25) is 4.79 Å². The highest BCUT2D eigenvalue weighted by atomic mass is 16.2. The minimum absolute atomic E-state index is 0.283. The number of likely N-dealkylation sites (N-methyl/N-ethyl adjacent to an activating group) is 2. The lowest BCUT2D eigenvalue weighted by atomic mass is 9.86. The summed E-state index contributed by atoms with van der Waals surface area (Å²) in [6.45, 7) is 4.04. The van der Waals surface area contributed by atoms with Crippen LogP contribution in [0.5, 0.6) is 0 Å². The summed E-state index contributed by atoms with van der Waals surface area (Å²) in [5.41, 5.74) is -0.344. The zero-order valence-corrected chi connectivity index (χ0v) is 12.5. The highest BCUT2D eigenvalue weighted by Gasteiger charge is 2.41. The van der Waals surface area contributed by atoms with Gasteiger partial charge in [0.1, 0.15) is 5.54 Å². The van der Waals surface area contributed by atoms with E-state index >= 15 is 0 Å². The number of nitrogens with zero attached hydrogens (tertiary/aromatic N) is 2. The number of amides is 1. The van der Waals surface area contributed by atoms with E-state index in [1.807, 2.05) is 19.0 Å². The first-order chi connectivity index (χ1) is 9.09. The van der Waals surface area contributed by atoms with Crippen molar-refractivity contribution in [3.63, 3.8) is 0 Å². The number of carbonyl (C=O) groups excluding carboxylic acids is 1. The van der Waals surface area contributed by atoms with Crippen molar-refractivity contribution in [2.75, 3.05) is 47.3 Å². The van der Waals surface area contributed by atoms with Crippen LogP contribution in [0.25, 0.3) is 0 Å². The Morgan fingerprint density at radius 3 is 2.42 bits per heavy atom. The molecule has 2 saturated heterocycles. The fourth-order valence-corrected chi connectivity index (χ4v) is 3.31. The summed E-state index contributed by atoms with van der Waals surface area (Å²) >= 11 is 0. The normalized spacial score (nSPS) is 25.2. The molecule has 0 aromatic carbocycles. The van der Waals surface area contributed by atoms with Crippen molar-refractivity contribution in [3.8, 4) is 0 Å². The van der Waals surface area contributed by atoms with Crippen LogP contribution in [0.2, 0.25) is 0 Å². The molecule has 0 saturated carbocycles. The average Bonchev–Trinajstić information content (AvgIpc) is 2.47. The van der Waals surface area contributed by atoms with Crippen LogP contribution >= 0.6 is 0 Å². The SMILES string of the molecule is CNC1(C(=O)N(C)C2CCN(C)CC2)CCNCC1. The zero-order chi connectivity index (χ0) is 13.9. The van der Waals surface area contributed by atoms with Crippen molar-refractivity contribution in [2.24, 2.45) is 0 Å². The van der Waals surface area contributed by atoms with Crippen molar-refractivity contribution in [1.29, 1.82) is 0 Å². The van der Waals surface area contributed by atoms with Gasteiger partial charge in [0.05, 0.1) is 0 Å². The van der Waals surface area contributed by atoms with Crippen LogP contribution in [0.3, 0.4) is 0 Å². The summed E-state index contributed by atoms with van der Waals surface area (Å²) < 4.78 is 0. The van der Waals surface area contributed by atoms with Gasteiger partial charge in [-0.05, 0) is 66.0 Å². The number of carbonyl (C=O) groups is 1. The molecule has 19 heavy (non-hydrogen) atoms. The Labute approximate surface area is 116 Å². The third-order valence-electron chi connectivity index (χ3n) is 4.90. The van der Waals surface area contributed by atoms with Crippen molar-refractivity contribution in [3.05, 3.63) is 0 Å². The topological polar surface area (TPSA) is 47.6 Å². The van der Waals surface area contributed by atoms with Gasteiger partial charge < -0.3 is 20.4 Å². The summed E-state index contributed by atoms with van der Waals surface area (Å²) in [5, 5.41) is 6.64. The maximum absolute atomic E-state index is 12.9. The molecule has 1 amide bonds. The Hall–Kier alpha value is -0.650. The Bertz CT molecular complexity index is 307. The Kier molecular flexibility index (Phi) is 4.81. The molecule has 5 heteroatoms. The largest absolute Gasteiger partial charge is 0.341 e. The van der Waals surface area contributed by atoms with Crippen molar-refractivity contribution in [2.45, 2.75) is 37.3 Å². The lowest BCUT2D eigenvalue weighted by Gasteiger charge is -2.43. The van der Waals surface area contributed by atoms with E-state index in [0.717, 1.165) is 51.9 Å². The molecule has 0 aromatic rings. The second-order valence-corrected chi connectivity index (χ2v) is 6.03. The number of piperidine rings is 2. The molecular formula is C14H28N4O. The highest BCUT2D eigenvalue weighted by molar-refractivity contribution is 5.86. The molecule has 2 fully saturated rings. The highest BCUT2D eigenvalue weighted by Crippen LogP contribution is 2.24. The molecule has 0 atom stereocenters. The molecule has 0 bridgehead atoms. The first kappa shape index (κ1) is 14.8. The number of likely N-dealkylation sites (tertiary alicyclic amines) is 1. The molecule has 2 aliphatic rings. The molecule has 2 aliphatic heterocycles. The minimum atomic E-state index is -0.344. The molecular weight excluding hydrogens is 240 g/mol. The predicted octanol–water partition coefficient (Wildman–Crippen LogP) is -0.119. The Balaban J connectivity index is 2.00. The smallest absolute Gasteiger partial charge is 0.242 e. The standard InChI is InChI=1S/C14H28N4O/c1-15-14(6-8-16-9-7-14)13(19)18(3)12-4-10-17(2)11-5-12/h12,15-16H,4-11H2,1-3H3. The summed E-state index contributed by atoms with van der Waals surface area (Å²) in [6.07, 6.45) is 3.96. The average molecular weight is 268 g/mol. The maximum Gasteiger partial charge on any atom is 0.242 e. The van der Waals surface area contributed by atoms with Gasteiger partial charge in [0.2, 0.25) is 5.91 Å². The second kappa shape index (κ2) is 6.20. The van der Waals surface area contributed by atoms with Gasteiger partial charge in [-0.2, -0.15) is 0 Å². The number of hydrogen-bond acceptors (Lipinski definition) is 4. The van der Waals surface area contributed by atoms with Crippen molar-refractivity contribution in [1.82, 2.24) is 20.4 Å². The van der Waals surface area contributed by atoms with E-state index < -0.39 is 0 Å². The van der Waals surface area contributed by atoms with Gasteiger partial charge in [-0.1, -0.05) is 0 Å². The van der Waals surface area contributed by atoms with Gasteiger partial charge >= 0.3 is 0 Å². The molecule has 2 N–H and O–H groups in total. The number of hydrogen-bond donors (Lipinski definition) is 2. The molecule has 110 valence electrons. The van der Waals surface area contributed by atoms with E-state index in [4.69, 9.17) is 0 Å². The van der Waals surface area contributed by atoms with E-state index in [2.05, 4.69) is 22.6 Å². The van der Waals surface area contributed by atoms with Crippen LogP contribution in [0.15, 0.2) is 0 Å². The van der Waals surface area contributed by atoms with Crippen LogP contribution < -0.4 is 10.6 Å². The first-order valence-electron chi connectivity index (χ1n) is 7.44. The fourth-order valence-electron chi connectivity index (χ4n) is 3.31. The quantitative estimate of drug-likeness (QED) is 0.749. The zero-order valence-electron chi connectivity index (χ0n) is 12.5. The van der Waals surface area contributed by atoms with E-state index in [1.54, 1.807) is 0 Å². The summed E-state index contributed by atoms with van der Waals surface area (Å²) in [5.74, 6) is 0.283. The molecule has 0 aliphatic carbocycles. The molecule has 2 rings (SSSR count). The maximum atomic E-state index is 12.9. The molecule has 0 radical (unpaired) electrons. The summed E-state index contributed by atoms with van der Waals surface area (Å²) in [4.78, 5) is 17.2. The van der Waals surface area contributed by atoms with E-state index in [1.165, 1.54) is 0 Å². The molecule has 0 unspecified atom stereocenters. The van der Waals surface area contributed by atoms with Gasteiger partial charge in [0.15, 0.2) is 0 Å². The lowest BCUT2D eigenvalue weighted by molar-refractivity contribution is -0.141. The van der Waals surface area contributed by atoms with Crippen LogP contribution in [-0.2, 0) is 4.79 Å². The third-order valence-corrected chi connectivity index (χ3v) is 4.90. The van der Waals surface area contributed by atoms with Gasteiger partial charge in [-0.15, -0.1) is 0 Å². The monoisotopic (exact) mass is 268 g/mol. The van der Waals surface area contributed by atoms with Gasteiger partial charge in [-0.25, -0.2) is 0 Å². The molecule has 0 spiro atoms. The summed E-state index contributed by atoms with van der Waals surface area (Å²) in [6, 6.07) is 0.406. The number of rotatable bonds is 3. The molecule has 0 aromatic heterocycles. The molecule has 5 nitrogen and oxygen atoms in total. The fraction of sp³-hybridized carbons (Fsp3) is 0.929. The second-order valence-electron chi connectivity index (χ2n) is 6.03. The Morgan fingerprint density at radius 2 is 1.89 bits per heavy atom. The van der Waals surface area contributed by atoms with Crippen LogP contribution in [0.1, 0.15) is 25.7 Å². The van der Waals surface area contributed by atoms with Crippen LogP contribution in [-0.4, -0.2) is 74.6 Å². The van der Waals surface area contributed by atoms with E-state index in [0.29, 0.717) is 6.04 Å². The summed E-state index contributed by atoms with van der Waals surface area (Å²) in [7, 11) is 6.06. The molecule has 2 heterocycles. The lowest BCUT2D eigenvalue weighted by Crippen LogP contribution is -2.62. The van der Waals surface area contributed by atoms with Crippen molar-refractivity contribution >= 4 is 5.91 Å². The van der Waals surface area contributed by atoms with Gasteiger partial charge in [0.25, 0.3) is 0 Å². The predicted molar refractivity (Wildman–Crippen MR) is 77.2 cm³/mol.